The summed E-state index contributed by atoms with van der Waals surface area (Å²) in [6.07, 6.45) is 0. The van der Waals surface area contributed by atoms with Gasteiger partial charge in [-0.1, -0.05) is 62.4 Å². The van der Waals surface area contributed by atoms with Crippen LogP contribution in [0.3, 0.4) is 0 Å². The Labute approximate surface area is 192 Å². The number of hydrogen-bond acceptors (Lipinski definition) is 5. The van der Waals surface area contributed by atoms with Gasteiger partial charge in [0.05, 0.1) is 18.7 Å². The van der Waals surface area contributed by atoms with Crippen LogP contribution in [0.25, 0.3) is 5.76 Å². The lowest BCUT2D eigenvalue weighted by Gasteiger charge is -2.26. The van der Waals surface area contributed by atoms with E-state index in [0.29, 0.717) is 22.7 Å². The van der Waals surface area contributed by atoms with Gasteiger partial charge in [0.15, 0.2) is 11.5 Å². The molecule has 6 heteroatoms. The number of ether oxygens (including phenoxy) is 1. The maximum absolute atomic E-state index is 13.2. The van der Waals surface area contributed by atoms with Gasteiger partial charge in [0.1, 0.15) is 5.76 Å². The molecule has 0 bridgehead atoms. The van der Waals surface area contributed by atoms with Crippen molar-refractivity contribution in [1.82, 2.24) is 0 Å². The number of rotatable bonds is 5. The highest BCUT2D eigenvalue weighted by molar-refractivity contribution is 6.51. The number of phenols is 1. The lowest BCUT2D eigenvalue weighted by atomic mass is 9.94. The highest BCUT2D eigenvalue weighted by Gasteiger charge is 2.47. The first-order valence-corrected chi connectivity index (χ1v) is 10.7. The van der Waals surface area contributed by atoms with Crippen LogP contribution < -0.4 is 9.64 Å². The first-order valence-electron chi connectivity index (χ1n) is 10.7. The molecule has 0 radical (unpaired) electrons. The molecule has 0 saturated carbocycles. The minimum Gasteiger partial charge on any atom is -0.507 e. The second-order valence-electron chi connectivity index (χ2n) is 8.21. The fourth-order valence-corrected chi connectivity index (χ4v) is 4.06. The van der Waals surface area contributed by atoms with Crippen molar-refractivity contribution < 1.29 is 24.5 Å². The SMILES string of the molecule is COc1ccc(C2/C(=C(/O)c3ccccc3)C(=O)C(=O)N2c2ccc(C(C)C)cc2)cc1O. The molecule has 1 aliphatic heterocycles. The summed E-state index contributed by atoms with van der Waals surface area (Å²) in [5.74, 6) is -1.36. The van der Waals surface area contributed by atoms with Crippen LogP contribution in [0.2, 0.25) is 0 Å². The van der Waals surface area contributed by atoms with Gasteiger partial charge < -0.3 is 14.9 Å². The maximum atomic E-state index is 13.2. The lowest BCUT2D eigenvalue weighted by molar-refractivity contribution is -0.132. The van der Waals surface area contributed by atoms with E-state index in [9.17, 15) is 19.8 Å². The Hall–Kier alpha value is -4.06. The van der Waals surface area contributed by atoms with E-state index in [1.54, 1.807) is 54.6 Å². The van der Waals surface area contributed by atoms with Crippen LogP contribution in [0.5, 0.6) is 11.5 Å². The molecule has 0 aliphatic carbocycles. The fraction of sp³-hybridized carbons (Fsp3) is 0.185. The molecule has 1 saturated heterocycles. The number of carbonyl (C=O) groups is 2. The number of Topliss-reactive ketones (excluding diaryl/α,β-unsaturated/α-hetero) is 1. The van der Waals surface area contributed by atoms with Crippen molar-refractivity contribution in [3.8, 4) is 11.5 Å². The van der Waals surface area contributed by atoms with E-state index in [0.717, 1.165) is 5.56 Å². The topological polar surface area (TPSA) is 87.1 Å². The van der Waals surface area contributed by atoms with Crippen molar-refractivity contribution in [3.63, 3.8) is 0 Å². The molecular weight excluding hydrogens is 418 g/mol. The first kappa shape index (κ1) is 22.1. The van der Waals surface area contributed by atoms with Crippen LogP contribution in [-0.4, -0.2) is 29.0 Å². The number of aromatic hydroxyl groups is 1. The van der Waals surface area contributed by atoms with Gasteiger partial charge >= 0.3 is 0 Å². The average molecular weight is 443 g/mol. The third-order valence-corrected chi connectivity index (χ3v) is 5.85. The van der Waals surface area contributed by atoms with Crippen molar-refractivity contribution in [3.05, 3.63) is 95.1 Å². The smallest absolute Gasteiger partial charge is 0.300 e. The molecule has 3 aromatic carbocycles. The molecule has 0 spiro atoms. The number of amides is 1. The Morgan fingerprint density at radius 2 is 1.64 bits per heavy atom. The molecule has 168 valence electrons. The van der Waals surface area contributed by atoms with Crippen LogP contribution in [0.15, 0.2) is 78.4 Å². The third kappa shape index (κ3) is 3.96. The Bertz CT molecular complexity index is 1230. The zero-order valence-electron chi connectivity index (χ0n) is 18.6. The zero-order valence-corrected chi connectivity index (χ0v) is 18.6. The number of aliphatic hydroxyl groups is 1. The summed E-state index contributed by atoms with van der Waals surface area (Å²) in [5, 5.41) is 21.5. The molecule has 1 atom stereocenters. The Morgan fingerprint density at radius 1 is 0.970 bits per heavy atom. The average Bonchev–Trinajstić information content (AvgIpc) is 3.09. The van der Waals surface area contributed by atoms with E-state index in [-0.39, 0.29) is 22.8 Å². The molecule has 3 aromatic rings. The first-order chi connectivity index (χ1) is 15.8. The molecule has 1 unspecified atom stereocenters. The number of carbonyl (C=O) groups excluding carboxylic acids is 2. The number of benzene rings is 3. The van der Waals surface area contributed by atoms with Gasteiger partial charge in [-0.05, 0) is 41.3 Å². The quantitative estimate of drug-likeness (QED) is 0.324. The second-order valence-corrected chi connectivity index (χ2v) is 8.21. The number of nitrogens with zero attached hydrogens (tertiary/aromatic N) is 1. The number of ketones is 1. The van der Waals surface area contributed by atoms with Crippen LogP contribution >= 0.6 is 0 Å². The van der Waals surface area contributed by atoms with Gasteiger partial charge in [0.25, 0.3) is 11.7 Å². The second kappa shape index (κ2) is 8.82. The van der Waals surface area contributed by atoms with E-state index < -0.39 is 17.7 Å². The summed E-state index contributed by atoms with van der Waals surface area (Å²) in [6, 6.07) is 19.8. The minimum atomic E-state index is -0.924. The third-order valence-electron chi connectivity index (χ3n) is 5.85. The van der Waals surface area contributed by atoms with Gasteiger partial charge in [-0.2, -0.15) is 0 Å². The number of methoxy groups -OCH3 is 1. The molecule has 33 heavy (non-hydrogen) atoms. The van der Waals surface area contributed by atoms with Crippen molar-refractivity contribution in [2.45, 2.75) is 25.8 Å². The van der Waals surface area contributed by atoms with Crippen molar-refractivity contribution in [2.75, 3.05) is 12.0 Å². The highest BCUT2D eigenvalue weighted by Crippen LogP contribution is 2.44. The maximum Gasteiger partial charge on any atom is 0.300 e. The number of phenolic OH excluding ortho intramolecular Hbond substituents is 1. The molecular formula is C27H25NO5. The zero-order chi connectivity index (χ0) is 23.7. The monoisotopic (exact) mass is 443 g/mol. The molecule has 4 rings (SSSR count). The van der Waals surface area contributed by atoms with Gasteiger partial charge in [-0.3, -0.25) is 14.5 Å². The highest BCUT2D eigenvalue weighted by atomic mass is 16.5. The van der Waals surface area contributed by atoms with E-state index in [1.807, 2.05) is 12.1 Å². The molecule has 1 amide bonds. The molecule has 2 N–H and O–H groups in total. The number of anilines is 1. The molecule has 0 aromatic heterocycles. The van der Waals surface area contributed by atoms with Crippen LogP contribution in [0, 0.1) is 0 Å². The summed E-state index contributed by atoms with van der Waals surface area (Å²) in [7, 11) is 1.44. The van der Waals surface area contributed by atoms with E-state index in [2.05, 4.69) is 13.8 Å². The lowest BCUT2D eigenvalue weighted by Crippen LogP contribution is -2.29. The number of hydrogen-bond donors (Lipinski definition) is 2. The minimum absolute atomic E-state index is 0.0382. The summed E-state index contributed by atoms with van der Waals surface area (Å²) < 4.78 is 5.14. The van der Waals surface area contributed by atoms with Gasteiger partial charge in [-0.15, -0.1) is 0 Å². The summed E-state index contributed by atoms with van der Waals surface area (Å²) in [6.45, 7) is 4.14. The van der Waals surface area contributed by atoms with Crippen LogP contribution in [-0.2, 0) is 9.59 Å². The predicted molar refractivity (Wildman–Crippen MR) is 126 cm³/mol. The van der Waals surface area contributed by atoms with Crippen molar-refractivity contribution in [1.29, 1.82) is 0 Å². The largest absolute Gasteiger partial charge is 0.507 e. The summed E-state index contributed by atoms with van der Waals surface area (Å²) in [4.78, 5) is 27.7. The summed E-state index contributed by atoms with van der Waals surface area (Å²) >= 11 is 0. The Kier molecular flexibility index (Phi) is 5.92. The van der Waals surface area contributed by atoms with E-state index in [1.165, 1.54) is 18.1 Å². The van der Waals surface area contributed by atoms with Crippen molar-refractivity contribution in [2.24, 2.45) is 0 Å². The van der Waals surface area contributed by atoms with Crippen LogP contribution in [0.1, 0.15) is 42.5 Å². The fourth-order valence-electron chi connectivity index (χ4n) is 4.06. The van der Waals surface area contributed by atoms with Gasteiger partial charge in [0, 0.05) is 11.3 Å². The Balaban J connectivity index is 1.92. The molecule has 1 aliphatic rings. The normalized spacial score (nSPS) is 17.6. The Morgan fingerprint density at radius 3 is 2.21 bits per heavy atom. The van der Waals surface area contributed by atoms with Crippen LogP contribution in [0.4, 0.5) is 5.69 Å². The number of aliphatic hydroxyl groups excluding tert-OH is 1. The van der Waals surface area contributed by atoms with Crippen molar-refractivity contribution >= 4 is 23.1 Å². The molecule has 1 fully saturated rings. The van der Waals surface area contributed by atoms with Gasteiger partial charge in [-0.25, -0.2) is 0 Å². The standard InChI is InChI=1S/C27H25NO5/c1-16(2)17-9-12-20(13-10-17)28-24(19-11-14-22(33-3)21(29)15-19)23(26(31)27(28)32)25(30)18-7-5-4-6-8-18/h4-16,24,29-30H,1-3H3/b25-23-. The molecule has 6 nitrogen and oxygen atoms in total. The van der Waals surface area contributed by atoms with E-state index >= 15 is 0 Å². The van der Waals surface area contributed by atoms with E-state index in [4.69, 9.17) is 4.74 Å². The molecule has 1 heterocycles. The van der Waals surface area contributed by atoms with Gasteiger partial charge in [0.2, 0.25) is 0 Å². The summed E-state index contributed by atoms with van der Waals surface area (Å²) in [5.41, 5.74) is 2.47. The predicted octanol–water partition coefficient (Wildman–Crippen LogP) is 5.15.